The molecule has 0 aliphatic carbocycles. The van der Waals surface area contributed by atoms with Crippen molar-refractivity contribution in [3.8, 4) is 11.5 Å². The maximum absolute atomic E-state index is 12.2. The number of fused-ring (bicyclic) bond motifs is 1. The Kier molecular flexibility index (Phi) is 6.12. The molecule has 7 heteroatoms. The van der Waals surface area contributed by atoms with E-state index in [0.717, 1.165) is 29.0 Å². The highest BCUT2D eigenvalue weighted by Gasteiger charge is 2.22. The van der Waals surface area contributed by atoms with E-state index in [1.165, 1.54) is 4.90 Å². The van der Waals surface area contributed by atoms with Crippen LogP contribution in [0.2, 0.25) is 0 Å². The van der Waals surface area contributed by atoms with Crippen molar-refractivity contribution in [2.24, 2.45) is 5.92 Å². The molecule has 2 atom stereocenters. The normalized spacial score (nSPS) is 16.6. The van der Waals surface area contributed by atoms with E-state index in [0.29, 0.717) is 6.61 Å². The van der Waals surface area contributed by atoms with Crippen molar-refractivity contribution < 1.29 is 24.2 Å². The molecule has 2 rings (SSSR count). The fourth-order valence-corrected chi connectivity index (χ4v) is 2.79. The number of carboxylic acid groups (broad SMARTS) is 1. The molecule has 0 fully saturated rings. The van der Waals surface area contributed by atoms with Gasteiger partial charge in [0.2, 0.25) is 0 Å². The lowest BCUT2D eigenvalue weighted by molar-refractivity contribution is -0.141. The maximum Gasteiger partial charge on any atom is 0.317 e. The predicted octanol–water partition coefficient (Wildman–Crippen LogP) is 2.27. The van der Waals surface area contributed by atoms with E-state index < -0.39 is 11.9 Å². The van der Waals surface area contributed by atoms with E-state index in [-0.39, 0.29) is 25.2 Å². The second-order valence-electron chi connectivity index (χ2n) is 6.41. The van der Waals surface area contributed by atoms with Gasteiger partial charge in [-0.3, -0.25) is 4.79 Å². The molecule has 0 bridgehead atoms. The van der Waals surface area contributed by atoms with Crippen LogP contribution in [0.1, 0.15) is 31.9 Å². The molecule has 1 aliphatic heterocycles. The number of nitrogens with one attached hydrogen (secondary N) is 1. The molecule has 0 radical (unpaired) electrons. The van der Waals surface area contributed by atoms with Gasteiger partial charge in [0.25, 0.3) is 0 Å². The van der Waals surface area contributed by atoms with Crippen LogP contribution in [0.4, 0.5) is 4.79 Å². The quantitative estimate of drug-likeness (QED) is 0.788. The van der Waals surface area contributed by atoms with Crippen molar-refractivity contribution in [3.05, 3.63) is 23.3 Å². The summed E-state index contributed by atoms with van der Waals surface area (Å²) < 4.78 is 11.5. The number of rotatable bonds is 7. The Hall–Kier alpha value is -2.44. The van der Waals surface area contributed by atoms with Crippen LogP contribution in [0.3, 0.4) is 0 Å². The lowest BCUT2D eigenvalue weighted by atomic mass is 10.1. The molecule has 1 aliphatic rings. The van der Waals surface area contributed by atoms with Crippen molar-refractivity contribution in [3.63, 3.8) is 0 Å². The average Bonchev–Trinajstić information content (AvgIpc) is 2.91. The van der Waals surface area contributed by atoms with E-state index in [1.54, 1.807) is 14.0 Å². The second kappa shape index (κ2) is 8.09. The number of ether oxygens (including phenoxy) is 2. The Morgan fingerprint density at radius 2 is 2.20 bits per heavy atom. The molecule has 7 nitrogen and oxygen atoms in total. The van der Waals surface area contributed by atoms with Crippen molar-refractivity contribution in [2.75, 3.05) is 20.2 Å². The number of urea groups is 1. The zero-order valence-corrected chi connectivity index (χ0v) is 15.2. The van der Waals surface area contributed by atoms with Gasteiger partial charge >= 0.3 is 12.0 Å². The lowest BCUT2D eigenvalue weighted by Crippen LogP contribution is -2.40. The molecule has 2 unspecified atom stereocenters. The standard InChI is InChI=1S/C18H26N2O5/c1-5-24-15-7-13-6-12(3)25-16(13)8-14(15)9-19-18(23)20(4)10-11(2)17(21)22/h7-8,11-12H,5-6,9-10H2,1-4H3,(H,19,23)(H,21,22). The molecule has 2 amide bonds. The summed E-state index contributed by atoms with van der Waals surface area (Å²) in [5.41, 5.74) is 1.95. The number of carboxylic acids is 1. The monoisotopic (exact) mass is 350 g/mol. The van der Waals surface area contributed by atoms with E-state index in [2.05, 4.69) is 5.32 Å². The Labute approximate surface area is 147 Å². The number of amides is 2. The molecule has 1 aromatic carbocycles. The average molecular weight is 350 g/mol. The van der Waals surface area contributed by atoms with Gasteiger partial charge in [0.05, 0.1) is 12.5 Å². The first-order chi connectivity index (χ1) is 11.8. The van der Waals surface area contributed by atoms with Crippen LogP contribution in [-0.2, 0) is 17.8 Å². The Morgan fingerprint density at radius 1 is 1.48 bits per heavy atom. The van der Waals surface area contributed by atoms with Gasteiger partial charge in [0.1, 0.15) is 17.6 Å². The summed E-state index contributed by atoms with van der Waals surface area (Å²) >= 11 is 0. The van der Waals surface area contributed by atoms with Crippen molar-refractivity contribution in [2.45, 2.75) is 39.8 Å². The van der Waals surface area contributed by atoms with Gasteiger partial charge in [-0.25, -0.2) is 4.79 Å². The summed E-state index contributed by atoms with van der Waals surface area (Å²) in [7, 11) is 1.58. The molecule has 1 aromatic rings. The molecular weight excluding hydrogens is 324 g/mol. The van der Waals surface area contributed by atoms with Gasteiger partial charge in [-0.15, -0.1) is 0 Å². The van der Waals surface area contributed by atoms with Gasteiger partial charge < -0.3 is 24.8 Å². The zero-order chi connectivity index (χ0) is 18.6. The molecule has 0 saturated carbocycles. The van der Waals surface area contributed by atoms with E-state index in [4.69, 9.17) is 14.6 Å². The minimum absolute atomic E-state index is 0.137. The third-order valence-corrected chi connectivity index (χ3v) is 4.13. The Morgan fingerprint density at radius 3 is 2.84 bits per heavy atom. The summed E-state index contributed by atoms with van der Waals surface area (Å²) in [5.74, 6) is 0.0154. The van der Waals surface area contributed by atoms with Crippen molar-refractivity contribution in [1.29, 1.82) is 0 Å². The maximum atomic E-state index is 12.2. The number of carbonyl (C=O) groups excluding carboxylic acids is 1. The highest BCUT2D eigenvalue weighted by molar-refractivity contribution is 5.75. The fraction of sp³-hybridized carbons (Fsp3) is 0.556. The van der Waals surface area contributed by atoms with Crippen LogP contribution in [0.25, 0.3) is 0 Å². The molecule has 1 heterocycles. The van der Waals surface area contributed by atoms with Gasteiger partial charge in [0.15, 0.2) is 0 Å². The first kappa shape index (κ1) is 18.9. The molecule has 2 N–H and O–H groups in total. The van der Waals surface area contributed by atoms with Crippen LogP contribution in [-0.4, -0.2) is 48.3 Å². The Bertz CT molecular complexity index is 647. The first-order valence-corrected chi connectivity index (χ1v) is 8.48. The topological polar surface area (TPSA) is 88.1 Å². The molecule has 25 heavy (non-hydrogen) atoms. The van der Waals surface area contributed by atoms with Gasteiger partial charge in [-0.1, -0.05) is 6.92 Å². The number of carbonyl (C=O) groups is 2. The van der Waals surface area contributed by atoms with Crippen molar-refractivity contribution in [1.82, 2.24) is 10.2 Å². The summed E-state index contributed by atoms with van der Waals surface area (Å²) in [5, 5.41) is 11.7. The van der Waals surface area contributed by atoms with E-state index >= 15 is 0 Å². The summed E-state index contributed by atoms with van der Waals surface area (Å²) in [6.45, 7) is 6.45. The SMILES string of the molecule is CCOc1cc2c(cc1CNC(=O)N(C)CC(C)C(=O)O)OC(C)C2. The third kappa shape index (κ3) is 4.78. The number of hydrogen-bond donors (Lipinski definition) is 2. The van der Waals surface area contributed by atoms with E-state index in [9.17, 15) is 9.59 Å². The number of nitrogens with zero attached hydrogens (tertiary/aromatic N) is 1. The van der Waals surface area contributed by atoms with Gasteiger partial charge in [-0.05, 0) is 26.0 Å². The molecule has 0 spiro atoms. The molecule has 0 saturated heterocycles. The smallest absolute Gasteiger partial charge is 0.317 e. The van der Waals surface area contributed by atoms with E-state index in [1.807, 2.05) is 26.0 Å². The van der Waals surface area contributed by atoms with Gasteiger partial charge in [-0.2, -0.15) is 0 Å². The predicted molar refractivity (Wildman–Crippen MR) is 93.1 cm³/mol. The molecular formula is C18H26N2O5. The first-order valence-electron chi connectivity index (χ1n) is 8.48. The van der Waals surface area contributed by atoms with Crippen LogP contribution >= 0.6 is 0 Å². The highest BCUT2D eigenvalue weighted by Crippen LogP contribution is 2.35. The minimum atomic E-state index is -0.928. The largest absolute Gasteiger partial charge is 0.494 e. The minimum Gasteiger partial charge on any atom is -0.494 e. The third-order valence-electron chi connectivity index (χ3n) is 4.13. The highest BCUT2D eigenvalue weighted by atomic mass is 16.5. The van der Waals surface area contributed by atoms with Crippen LogP contribution in [0.15, 0.2) is 12.1 Å². The summed E-state index contributed by atoms with van der Waals surface area (Å²) in [4.78, 5) is 24.4. The number of hydrogen-bond acceptors (Lipinski definition) is 4. The summed E-state index contributed by atoms with van der Waals surface area (Å²) in [6.07, 6.45) is 0.982. The van der Waals surface area contributed by atoms with Crippen LogP contribution in [0.5, 0.6) is 11.5 Å². The number of benzene rings is 1. The van der Waals surface area contributed by atoms with Crippen molar-refractivity contribution >= 4 is 12.0 Å². The van der Waals surface area contributed by atoms with Crippen LogP contribution in [0, 0.1) is 5.92 Å². The molecule has 138 valence electrons. The fourth-order valence-electron chi connectivity index (χ4n) is 2.79. The second-order valence-corrected chi connectivity index (χ2v) is 6.41. The molecule has 0 aromatic heterocycles. The lowest BCUT2D eigenvalue weighted by Gasteiger charge is -2.20. The number of aliphatic carboxylic acids is 1. The van der Waals surface area contributed by atoms with Gasteiger partial charge in [0, 0.05) is 37.7 Å². The summed E-state index contributed by atoms with van der Waals surface area (Å²) in [6, 6.07) is 3.55. The zero-order valence-electron chi connectivity index (χ0n) is 15.2. The Balaban J connectivity index is 2.03. The van der Waals surface area contributed by atoms with Crippen LogP contribution < -0.4 is 14.8 Å².